The van der Waals surface area contributed by atoms with Crippen molar-refractivity contribution in [2.75, 3.05) is 40.3 Å². The minimum absolute atomic E-state index is 0.0853. The number of benzene rings is 1. The van der Waals surface area contributed by atoms with E-state index in [0.717, 1.165) is 31.5 Å². The molecular weight excluding hydrogens is 392 g/mol. The van der Waals surface area contributed by atoms with E-state index in [2.05, 4.69) is 32.2 Å². The second-order valence-electron chi connectivity index (χ2n) is 7.60. The van der Waals surface area contributed by atoms with Gasteiger partial charge in [0.1, 0.15) is 5.75 Å². The SMILES string of the molecule is CCN1CCCC1CNC(=NCc1cc(C)ccc1OC(F)F)NCC(=O)N(C)C. The summed E-state index contributed by atoms with van der Waals surface area (Å²) < 4.78 is 30.1. The van der Waals surface area contributed by atoms with E-state index < -0.39 is 6.61 Å². The maximum atomic E-state index is 12.7. The number of nitrogens with zero attached hydrogens (tertiary/aromatic N) is 3. The number of ether oxygens (including phenoxy) is 1. The third kappa shape index (κ3) is 7.44. The fourth-order valence-corrected chi connectivity index (χ4v) is 3.46. The van der Waals surface area contributed by atoms with Crippen molar-refractivity contribution in [2.24, 2.45) is 4.99 Å². The van der Waals surface area contributed by atoms with Gasteiger partial charge in [0.05, 0.1) is 13.1 Å². The molecule has 1 fully saturated rings. The van der Waals surface area contributed by atoms with E-state index in [9.17, 15) is 13.6 Å². The Hall–Kier alpha value is -2.42. The summed E-state index contributed by atoms with van der Waals surface area (Å²) in [5.74, 6) is 0.492. The number of carbonyl (C=O) groups excluding carboxylic acids is 1. The van der Waals surface area contributed by atoms with Gasteiger partial charge in [0.2, 0.25) is 5.91 Å². The highest BCUT2D eigenvalue weighted by Crippen LogP contribution is 2.23. The van der Waals surface area contributed by atoms with Crippen LogP contribution in [-0.4, -0.2) is 74.6 Å². The van der Waals surface area contributed by atoms with Crippen molar-refractivity contribution < 1.29 is 18.3 Å². The highest BCUT2D eigenvalue weighted by molar-refractivity contribution is 5.86. The van der Waals surface area contributed by atoms with Crippen LogP contribution >= 0.6 is 0 Å². The first-order valence-corrected chi connectivity index (χ1v) is 10.3. The van der Waals surface area contributed by atoms with Crippen LogP contribution in [0.4, 0.5) is 8.78 Å². The third-order valence-electron chi connectivity index (χ3n) is 5.16. The Kier molecular flexibility index (Phi) is 9.29. The molecule has 1 heterocycles. The molecular formula is C21H33F2N5O2. The monoisotopic (exact) mass is 425 g/mol. The van der Waals surface area contributed by atoms with E-state index in [1.165, 1.54) is 11.0 Å². The number of aliphatic imine (C=N–C) groups is 1. The number of carbonyl (C=O) groups is 1. The van der Waals surface area contributed by atoms with E-state index >= 15 is 0 Å². The summed E-state index contributed by atoms with van der Waals surface area (Å²) >= 11 is 0. The van der Waals surface area contributed by atoms with Gasteiger partial charge in [0.25, 0.3) is 0 Å². The van der Waals surface area contributed by atoms with Crippen LogP contribution in [0.3, 0.4) is 0 Å². The van der Waals surface area contributed by atoms with Crippen LogP contribution < -0.4 is 15.4 Å². The van der Waals surface area contributed by atoms with Crippen molar-refractivity contribution in [1.82, 2.24) is 20.4 Å². The van der Waals surface area contributed by atoms with Crippen LogP contribution in [-0.2, 0) is 11.3 Å². The number of hydrogen-bond acceptors (Lipinski definition) is 4. The topological polar surface area (TPSA) is 69.2 Å². The maximum absolute atomic E-state index is 12.7. The first-order valence-electron chi connectivity index (χ1n) is 10.3. The molecule has 1 aromatic rings. The average Bonchev–Trinajstić information content (AvgIpc) is 3.16. The fraction of sp³-hybridized carbons (Fsp3) is 0.619. The van der Waals surface area contributed by atoms with E-state index in [4.69, 9.17) is 0 Å². The Labute approximate surface area is 177 Å². The molecule has 30 heavy (non-hydrogen) atoms. The molecule has 1 aliphatic rings. The molecule has 0 aromatic heterocycles. The van der Waals surface area contributed by atoms with Gasteiger partial charge < -0.3 is 20.3 Å². The second kappa shape index (κ2) is 11.7. The third-order valence-corrected chi connectivity index (χ3v) is 5.16. The van der Waals surface area contributed by atoms with E-state index in [1.54, 1.807) is 26.2 Å². The lowest BCUT2D eigenvalue weighted by Gasteiger charge is -2.24. The zero-order valence-corrected chi connectivity index (χ0v) is 18.3. The van der Waals surface area contributed by atoms with Crippen molar-refractivity contribution in [3.8, 4) is 5.75 Å². The smallest absolute Gasteiger partial charge is 0.387 e. The van der Waals surface area contributed by atoms with Gasteiger partial charge in [-0.25, -0.2) is 4.99 Å². The number of nitrogens with one attached hydrogen (secondary N) is 2. The molecule has 7 nitrogen and oxygen atoms in total. The molecule has 1 saturated heterocycles. The molecule has 0 aliphatic carbocycles. The standard InChI is InChI=1S/C21H33F2N5O2/c1-5-28-10-6-7-17(28)13-25-21(26-14-19(29)27(3)4)24-12-16-11-15(2)8-9-18(16)30-20(22)23/h8-9,11,17,20H,5-7,10,12-14H2,1-4H3,(H2,24,25,26). The zero-order chi connectivity index (χ0) is 22.1. The van der Waals surface area contributed by atoms with Gasteiger partial charge in [-0.2, -0.15) is 8.78 Å². The number of likely N-dealkylation sites (N-methyl/N-ethyl adjacent to an activating group) is 2. The number of alkyl halides is 2. The lowest BCUT2D eigenvalue weighted by atomic mass is 10.1. The summed E-state index contributed by atoms with van der Waals surface area (Å²) in [7, 11) is 3.37. The lowest BCUT2D eigenvalue weighted by molar-refractivity contribution is -0.127. The summed E-state index contributed by atoms with van der Waals surface area (Å²) in [6, 6.07) is 5.43. The number of hydrogen-bond donors (Lipinski definition) is 2. The number of likely N-dealkylation sites (tertiary alicyclic amines) is 1. The van der Waals surface area contributed by atoms with Crippen molar-refractivity contribution in [3.63, 3.8) is 0 Å². The molecule has 0 spiro atoms. The lowest BCUT2D eigenvalue weighted by Crippen LogP contribution is -2.47. The average molecular weight is 426 g/mol. The van der Waals surface area contributed by atoms with Gasteiger partial charge in [-0.05, 0) is 38.9 Å². The summed E-state index contributed by atoms with van der Waals surface area (Å²) in [5.41, 5.74) is 1.49. The maximum Gasteiger partial charge on any atom is 0.387 e. The Bertz CT molecular complexity index is 727. The van der Waals surface area contributed by atoms with E-state index in [-0.39, 0.29) is 24.7 Å². The molecule has 1 aliphatic heterocycles. The highest BCUT2D eigenvalue weighted by Gasteiger charge is 2.23. The summed E-state index contributed by atoms with van der Waals surface area (Å²) in [6.45, 7) is 4.14. The van der Waals surface area contributed by atoms with Crippen LogP contribution in [0.2, 0.25) is 0 Å². The molecule has 1 unspecified atom stereocenters. The summed E-state index contributed by atoms with van der Waals surface area (Å²) in [6.07, 6.45) is 2.27. The Morgan fingerprint density at radius 2 is 2.13 bits per heavy atom. The van der Waals surface area contributed by atoms with E-state index in [1.807, 2.05) is 6.92 Å². The summed E-state index contributed by atoms with van der Waals surface area (Å²) in [5, 5.41) is 6.35. The van der Waals surface area contributed by atoms with Gasteiger partial charge in [-0.1, -0.05) is 24.6 Å². The fourth-order valence-electron chi connectivity index (χ4n) is 3.46. The van der Waals surface area contributed by atoms with Gasteiger partial charge in [-0.3, -0.25) is 9.69 Å². The second-order valence-corrected chi connectivity index (χ2v) is 7.60. The van der Waals surface area contributed by atoms with Crippen LogP contribution in [0.15, 0.2) is 23.2 Å². The highest BCUT2D eigenvalue weighted by atomic mass is 19.3. The van der Waals surface area contributed by atoms with Crippen LogP contribution in [0.25, 0.3) is 0 Å². The predicted molar refractivity (Wildman–Crippen MR) is 114 cm³/mol. The molecule has 1 amide bonds. The Morgan fingerprint density at radius 1 is 1.37 bits per heavy atom. The molecule has 1 atom stereocenters. The molecule has 2 N–H and O–H groups in total. The van der Waals surface area contributed by atoms with Crippen molar-refractivity contribution in [3.05, 3.63) is 29.3 Å². The van der Waals surface area contributed by atoms with Gasteiger partial charge in [0.15, 0.2) is 5.96 Å². The number of aryl methyl sites for hydroxylation is 1. The molecule has 2 rings (SSSR count). The molecule has 0 radical (unpaired) electrons. The Balaban J connectivity index is 2.11. The predicted octanol–water partition coefficient (Wildman–Crippen LogP) is 2.20. The quantitative estimate of drug-likeness (QED) is 0.469. The van der Waals surface area contributed by atoms with E-state index in [0.29, 0.717) is 24.1 Å². The van der Waals surface area contributed by atoms with Gasteiger partial charge in [0, 0.05) is 32.2 Å². The zero-order valence-electron chi connectivity index (χ0n) is 18.3. The molecule has 0 saturated carbocycles. The van der Waals surface area contributed by atoms with Gasteiger partial charge in [-0.15, -0.1) is 0 Å². The minimum Gasteiger partial charge on any atom is -0.434 e. The Morgan fingerprint density at radius 3 is 2.80 bits per heavy atom. The molecule has 9 heteroatoms. The number of halogens is 2. The van der Waals surface area contributed by atoms with Crippen LogP contribution in [0.1, 0.15) is 30.9 Å². The van der Waals surface area contributed by atoms with Crippen LogP contribution in [0.5, 0.6) is 5.75 Å². The summed E-state index contributed by atoms with van der Waals surface area (Å²) in [4.78, 5) is 20.4. The number of amides is 1. The molecule has 0 bridgehead atoms. The first kappa shape index (κ1) is 23.9. The first-order chi connectivity index (χ1) is 14.3. The van der Waals surface area contributed by atoms with Crippen molar-refractivity contribution in [1.29, 1.82) is 0 Å². The normalized spacial score (nSPS) is 17.3. The number of guanidine groups is 1. The van der Waals surface area contributed by atoms with Gasteiger partial charge >= 0.3 is 6.61 Å². The number of rotatable bonds is 9. The van der Waals surface area contributed by atoms with Crippen molar-refractivity contribution >= 4 is 11.9 Å². The largest absolute Gasteiger partial charge is 0.434 e. The molecule has 168 valence electrons. The molecule has 1 aromatic carbocycles. The minimum atomic E-state index is -2.90. The van der Waals surface area contributed by atoms with Crippen LogP contribution in [0, 0.1) is 6.92 Å². The van der Waals surface area contributed by atoms with Crippen molar-refractivity contribution in [2.45, 2.75) is 45.9 Å².